The lowest BCUT2D eigenvalue weighted by molar-refractivity contribution is -0.130. The minimum absolute atomic E-state index is 0.265. The maximum absolute atomic E-state index is 12.0. The summed E-state index contributed by atoms with van der Waals surface area (Å²) in [4.78, 5) is 16.0. The number of amides is 1. The van der Waals surface area contributed by atoms with E-state index in [2.05, 4.69) is 32.8 Å². The topological polar surface area (TPSA) is 49.6 Å². The molecular formula is C15H33N3O. The Morgan fingerprint density at radius 3 is 2.21 bits per heavy atom. The summed E-state index contributed by atoms with van der Waals surface area (Å²) in [5, 5.41) is 0. The van der Waals surface area contributed by atoms with Gasteiger partial charge in [-0.1, -0.05) is 13.8 Å². The molecule has 1 atom stereocenters. The number of hydrogen-bond acceptors (Lipinski definition) is 3. The van der Waals surface area contributed by atoms with Gasteiger partial charge in [-0.05, 0) is 58.3 Å². The molecule has 1 unspecified atom stereocenters. The van der Waals surface area contributed by atoms with Crippen LogP contribution in [0.25, 0.3) is 0 Å². The zero-order valence-electron chi connectivity index (χ0n) is 13.5. The summed E-state index contributed by atoms with van der Waals surface area (Å²) in [5.74, 6) is 1.45. The fourth-order valence-corrected chi connectivity index (χ4v) is 2.27. The predicted octanol–water partition coefficient (Wildman–Crippen LogP) is 1.80. The van der Waals surface area contributed by atoms with Gasteiger partial charge in [-0.25, -0.2) is 0 Å². The molecule has 0 rings (SSSR count). The molecule has 0 aromatic heterocycles. The van der Waals surface area contributed by atoms with Gasteiger partial charge >= 0.3 is 0 Å². The summed E-state index contributed by atoms with van der Waals surface area (Å²) >= 11 is 0. The van der Waals surface area contributed by atoms with E-state index in [1.807, 2.05) is 11.9 Å². The van der Waals surface area contributed by atoms with Gasteiger partial charge in [-0.15, -0.1) is 0 Å². The molecule has 2 N–H and O–H groups in total. The van der Waals surface area contributed by atoms with Crippen LogP contribution in [0.5, 0.6) is 0 Å². The van der Waals surface area contributed by atoms with Gasteiger partial charge < -0.3 is 15.5 Å². The Labute approximate surface area is 119 Å². The van der Waals surface area contributed by atoms with Crippen molar-refractivity contribution in [1.82, 2.24) is 9.80 Å². The van der Waals surface area contributed by atoms with Crippen LogP contribution in [0.2, 0.25) is 0 Å². The second-order valence-electron chi connectivity index (χ2n) is 6.09. The molecule has 4 nitrogen and oxygen atoms in total. The molecule has 0 radical (unpaired) electrons. The minimum Gasteiger partial charge on any atom is -0.346 e. The molecule has 0 bridgehead atoms. The van der Waals surface area contributed by atoms with E-state index < -0.39 is 0 Å². The van der Waals surface area contributed by atoms with E-state index in [1.165, 1.54) is 0 Å². The molecule has 4 heteroatoms. The average molecular weight is 271 g/mol. The quantitative estimate of drug-likeness (QED) is 0.659. The van der Waals surface area contributed by atoms with Crippen LogP contribution in [0.1, 0.15) is 39.5 Å². The number of nitrogens with two attached hydrogens (primary N) is 1. The normalized spacial score (nSPS) is 13.1. The highest BCUT2D eigenvalue weighted by Crippen LogP contribution is 2.20. The van der Waals surface area contributed by atoms with E-state index in [0.717, 1.165) is 38.9 Å². The van der Waals surface area contributed by atoms with Crippen molar-refractivity contribution in [2.75, 3.05) is 40.8 Å². The van der Waals surface area contributed by atoms with Crippen molar-refractivity contribution in [3.8, 4) is 0 Å². The largest absolute Gasteiger partial charge is 0.346 e. The first-order valence-electron chi connectivity index (χ1n) is 7.47. The molecule has 19 heavy (non-hydrogen) atoms. The van der Waals surface area contributed by atoms with Gasteiger partial charge in [0, 0.05) is 20.0 Å². The fraction of sp³-hybridized carbons (Fsp3) is 0.933. The van der Waals surface area contributed by atoms with Crippen LogP contribution < -0.4 is 5.73 Å². The number of nitrogens with zero attached hydrogens (tertiary/aromatic N) is 2. The van der Waals surface area contributed by atoms with Gasteiger partial charge in [0.1, 0.15) is 0 Å². The Morgan fingerprint density at radius 1 is 1.11 bits per heavy atom. The molecule has 0 aromatic carbocycles. The lowest BCUT2D eigenvalue weighted by atomic mass is 9.88. The molecule has 114 valence electrons. The summed E-state index contributed by atoms with van der Waals surface area (Å²) < 4.78 is 0. The van der Waals surface area contributed by atoms with Crippen molar-refractivity contribution < 1.29 is 4.79 Å². The lowest BCUT2D eigenvalue weighted by Crippen LogP contribution is -2.30. The maximum Gasteiger partial charge on any atom is 0.222 e. The fourth-order valence-electron chi connectivity index (χ4n) is 2.27. The monoisotopic (exact) mass is 271 g/mol. The predicted molar refractivity (Wildman–Crippen MR) is 82.0 cm³/mol. The highest BCUT2D eigenvalue weighted by Gasteiger charge is 2.16. The standard InChI is InChI=1S/C15H33N3O/c1-13(2)14(9-10-16)7-8-15(19)18(5)12-6-11-17(3)4/h13-14H,6-12,16H2,1-5H3. The van der Waals surface area contributed by atoms with Crippen LogP contribution in [0.3, 0.4) is 0 Å². The molecule has 0 aliphatic carbocycles. The van der Waals surface area contributed by atoms with Gasteiger partial charge in [-0.2, -0.15) is 0 Å². The van der Waals surface area contributed by atoms with E-state index in [-0.39, 0.29) is 5.91 Å². The molecule has 0 saturated heterocycles. The Bertz CT molecular complexity index is 242. The smallest absolute Gasteiger partial charge is 0.222 e. The molecule has 0 aliphatic rings. The highest BCUT2D eigenvalue weighted by molar-refractivity contribution is 5.75. The van der Waals surface area contributed by atoms with E-state index >= 15 is 0 Å². The first kappa shape index (κ1) is 18.4. The molecule has 0 spiro atoms. The summed E-state index contributed by atoms with van der Waals surface area (Å²) in [6.45, 7) is 7.02. The number of carbonyl (C=O) groups is 1. The summed E-state index contributed by atoms with van der Waals surface area (Å²) in [6.07, 6.45) is 3.67. The van der Waals surface area contributed by atoms with Gasteiger partial charge in [0.2, 0.25) is 5.91 Å². The minimum atomic E-state index is 0.265. The van der Waals surface area contributed by atoms with Crippen molar-refractivity contribution in [2.24, 2.45) is 17.6 Å². The third-order valence-corrected chi connectivity index (χ3v) is 3.73. The Balaban J connectivity index is 3.94. The van der Waals surface area contributed by atoms with Gasteiger partial charge in [0.15, 0.2) is 0 Å². The number of hydrogen-bond donors (Lipinski definition) is 1. The van der Waals surface area contributed by atoms with Crippen LogP contribution in [-0.2, 0) is 4.79 Å². The van der Waals surface area contributed by atoms with Gasteiger partial charge in [0.05, 0.1) is 0 Å². The molecule has 0 fully saturated rings. The number of rotatable bonds is 10. The molecule has 1 amide bonds. The SMILES string of the molecule is CC(C)C(CCN)CCC(=O)N(C)CCCN(C)C. The van der Waals surface area contributed by atoms with Crippen LogP contribution in [-0.4, -0.2) is 56.5 Å². The van der Waals surface area contributed by atoms with Crippen LogP contribution in [0.15, 0.2) is 0 Å². The summed E-state index contributed by atoms with van der Waals surface area (Å²) in [5.41, 5.74) is 5.63. The van der Waals surface area contributed by atoms with Gasteiger partial charge in [-0.3, -0.25) is 4.79 Å². The van der Waals surface area contributed by atoms with E-state index in [1.54, 1.807) is 0 Å². The van der Waals surface area contributed by atoms with Crippen molar-refractivity contribution in [2.45, 2.75) is 39.5 Å². The Morgan fingerprint density at radius 2 is 1.74 bits per heavy atom. The van der Waals surface area contributed by atoms with E-state index in [9.17, 15) is 4.79 Å². The summed E-state index contributed by atoms with van der Waals surface area (Å²) in [6, 6.07) is 0. The third-order valence-electron chi connectivity index (χ3n) is 3.73. The average Bonchev–Trinajstić information content (AvgIpc) is 2.32. The second kappa shape index (κ2) is 10.2. The highest BCUT2D eigenvalue weighted by atomic mass is 16.2. The first-order chi connectivity index (χ1) is 8.88. The molecule has 0 heterocycles. The van der Waals surface area contributed by atoms with Crippen LogP contribution in [0.4, 0.5) is 0 Å². The third kappa shape index (κ3) is 9.00. The zero-order valence-corrected chi connectivity index (χ0v) is 13.5. The number of carbonyl (C=O) groups excluding carboxylic acids is 1. The van der Waals surface area contributed by atoms with Crippen molar-refractivity contribution in [3.63, 3.8) is 0 Å². The molecular weight excluding hydrogens is 238 g/mol. The Kier molecular flexibility index (Phi) is 9.88. The molecule has 0 saturated carbocycles. The second-order valence-corrected chi connectivity index (χ2v) is 6.09. The molecule has 0 aliphatic heterocycles. The van der Waals surface area contributed by atoms with E-state index in [4.69, 9.17) is 5.73 Å². The first-order valence-corrected chi connectivity index (χ1v) is 7.47. The molecule has 0 aromatic rings. The zero-order chi connectivity index (χ0) is 14.8. The Hall–Kier alpha value is -0.610. The lowest BCUT2D eigenvalue weighted by Gasteiger charge is -2.22. The van der Waals surface area contributed by atoms with Crippen LogP contribution in [0, 0.1) is 11.8 Å². The van der Waals surface area contributed by atoms with E-state index in [0.29, 0.717) is 18.3 Å². The maximum atomic E-state index is 12.0. The van der Waals surface area contributed by atoms with Crippen molar-refractivity contribution in [1.29, 1.82) is 0 Å². The van der Waals surface area contributed by atoms with Crippen molar-refractivity contribution >= 4 is 5.91 Å². The van der Waals surface area contributed by atoms with Crippen LogP contribution >= 0.6 is 0 Å². The van der Waals surface area contributed by atoms with Gasteiger partial charge in [0.25, 0.3) is 0 Å². The van der Waals surface area contributed by atoms with Crippen molar-refractivity contribution in [3.05, 3.63) is 0 Å². The summed E-state index contributed by atoms with van der Waals surface area (Å²) in [7, 11) is 6.02.